The second kappa shape index (κ2) is 3.65. The highest BCUT2D eigenvalue weighted by atomic mass is 127. The van der Waals surface area contributed by atoms with Gasteiger partial charge in [-0.2, -0.15) is 0 Å². The second-order valence-electron chi connectivity index (χ2n) is 3.09. The van der Waals surface area contributed by atoms with Gasteiger partial charge in [-0.25, -0.2) is 0 Å². The lowest BCUT2D eigenvalue weighted by atomic mass is 10.1. The monoisotopic (exact) mass is 314 g/mol. The molecule has 0 aliphatic carbocycles. The van der Waals surface area contributed by atoms with E-state index in [0.717, 1.165) is 3.57 Å². The van der Waals surface area contributed by atoms with Crippen molar-refractivity contribution in [2.45, 2.75) is 0 Å². The molecular formula is C10H7IN2O2. The number of halogens is 1. The molecule has 2 rings (SSSR count). The molecule has 1 amide bonds. The number of nitrogens with one attached hydrogen (secondary N) is 1. The number of nitrogens with two attached hydrogens (primary N) is 1. The van der Waals surface area contributed by atoms with Gasteiger partial charge in [-0.1, -0.05) is 0 Å². The number of hydrogen-bond donors (Lipinski definition) is 2. The van der Waals surface area contributed by atoms with Gasteiger partial charge in [-0.3, -0.25) is 9.59 Å². The summed E-state index contributed by atoms with van der Waals surface area (Å²) in [5.41, 5.74) is 5.45. The van der Waals surface area contributed by atoms with Gasteiger partial charge in [0.25, 0.3) is 5.91 Å². The van der Waals surface area contributed by atoms with Crippen molar-refractivity contribution in [3.8, 4) is 0 Å². The van der Waals surface area contributed by atoms with Crippen LogP contribution in [0.3, 0.4) is 0 Å². The summed E-state index contributed by atoms with van der Waals surface area (Å²) in [5.74, 6) is -0.711. The number of aromatic nitrogens is 1. The molecule has 0 atom stereocenters. The average Bonchev–Trinajstić information content (AvgIpc) is 2.19. The van der Waals surface area contributed by atoms with Crippen LogP contribution in [0.5, 0.6) is 0 Å². The maximum Gasteiger partial charge on any atom is 0.254 e. The van der Waals surface area contributed by atoms with Crippen LogP contribution >= 0.6 is 22.6 Å². The fraction of sp³-hybridized carbons (Fsp3) is 0. The highest BCUT2D eigenvalue weighted by Crippen LogP contribution is 2.12. The number of H-pyrrole nitrogens is 1. The Morgan fingerprint density at radius 2 is 2.13 bits per heavy atom. The molecule has 3 N–H and O–H groups in total. The number of aromatic amines is 1. The van der Waals surface area contributed by atoms with Gasteiger partial charge in [0.05, 0.1) is 0 Å². The molecule has 4 nitrogen and oxygen atoms in total. The van der Waals surface area contributed by atoms with Gasteiger partial charge >= 0.3 is 0 Å². The summed E-state index contributed by atoms with van der Waals surface area (Å²) in [4.78, 5) is 25.6. The number of rotatable bonds is 1. The highest BCUT2D eigenvalue weighted by Gasteiger charge is 2.09. The average molecular weight is 314 g/mol. The lowest BCUT2D eigenvalue weighted by molar-refractivity contribution is 0.0999. The number of carbonyl (C=O) groups is 1. The van der Waals surface area contributed by atoms with Crippen molar-refractivity contribution >= 4 is 39.4 Å². The number of carbonyl (C=O) groups excluding carboxylic acids is 1. The van der Waals surface area contributed by atoms with Gasteiger partial charge in [0.1, 0.15) is 5.56 Å². The van der Waals surface area contributed by atoms with E-state index in [1.807, 2.05) is 6.07 Å². The van der Waals surface area contributed by atoms with Crippen molar-refractivity contribution in [1.82, 2.24) is 4.98 Å². The molecule has 0 radical (unpaired) electrons. The minimum absolute atomic E-state index is 0.00972. The van der Waals surface area contributed by atoms with Crippen LogP contribution in [0.15, 0.2) is 29.2 Å². The molecule has 0 unspecified atom stereocenters. The first-order valence-corrected chi connectivity index (χ1v) is 5.28. The highest BCUT2D eigenvalue weighted by molar-refractivity contribution is 14.1. The van der Waals surface area contributed by atoms with E-state index in [1.165, 1.54) is 6.20 Å². The van der Waals surface area contributed by atoms with Crippen molar-refractivity contribution in [1.29, 1.82) is 0 Å². The molecule has 76 valence electrons. The Kier molecular flexibility index (Phi) is 2.47. The predicted octanol–water partition coefficient (Wildman–Crippen LogP) is 1.23. The van der Waals surface area contributed by atoms with Crippen LogP contribution < -0.4 is 11.2 Å². The first-order valence-electron chi connectivity index (χ1n) is 4.20. The first-order chi connectivity index (χ1) is 7.09. The zero-order valence-electron chi connectivity index (χ0n) is 7.58. The lowest BCUT2D eigenvalue weighted by Gasteiger charge is -2.00. The number of amides is 1. The third-order valence-electron chi connectivity index (χ3n) is 2.11. The molecular weight excluding hydrogens is 307 g/mol. The van der Waals surface area contributed by atoms with E-state index < -0.39 is 5.91 Å². The Morgan fingerprint density at radius 3 is 2.80 bits per heavy atom. The summed E-state index contributed by atoms with van der Waals surface area (Å²) in [6, 6.07) is 5.40. The molecule has 0 saturated heterocycles. The number of benzene rings is 1. The molecule has 0 bridgehead atoms. The minimum atomic E-state index is -0.711. The Labute approximate surface area is 98.6 Å². The molecule has 1 heterocycles. The van der Waals surface area contributed by atoms with Gasteiger partial charge < -0.3 is 10.7 Å². The zero-order valence-corrected chi connectivity index (χ0v) is 9.74. The van der Waals surface area contributed by atoms with Crippen LogP contribution in [0.4, 0.5) is 0 Å². The van der Waals surface area contributed by atoms with Crippen molar-refractivity contribution in [3.63, 3.8) is 0 Å². The molecule has 1 aromatic carbocycles. The molecule has 0 fully saturated rings. The van der Waals surface area contributed by atoms with E-state index in [4.69, 9.17) is 5.73 Å². The summed E-state index contributed by atoms with van der Waals surface area (Å²) >= 11 is 2.10. The summed E-state index contributed by atoms with van der Waals surface area (Å²) in [6.07, 6.45) is 1.35. The second-order valence-corrected chi connectivity index (χ2v) is 4.33. The zero-order chi connectivity index (χ0) is 11.0. The van der Waals surface area contributed by atoms with Crippen LogP contribution in [0.2, 0.25) is 0 Å². The van der Waals surface area contributed by atoms with Crippen molar-refractivity contribution in [2.75, 3.05) is 0 Å². The SMILES string of the molecule is NC(=O)c1c[nH]c2ccc(I)cc2c1=O. The summed E-state index contributed by atoms with van der Waals surface area (Å²) in [6.45, 7) is 0. The quantitative estimate of drug-likeness (QED) is 0.777. The number of primary amides is 1. The van der Waals surface area contributed by atoms with Crippen molar-refractivity contribution in [3.05, 3.63) is 43.8 Å². The van der Waals surface area contributed by atoms with Gasteiger partial charge in [0, 0.05) is 20.7 Å². The third kappa shape index (κ3) is 1.74. The van der Waals surface area contributed by atoms with E-state index >= 15 is 0 Å². The van der Waals surface area contributed by atoms with Gasteiger partial charge in [0.2, 0.25) is 5.43 Å². The Hall–Kier alpha value is -1.37. The van der Waals surface area contributed by atoms with E-state index in [-0.39, 0.29) is 11.0 Å². The Bertz CT molecular complexity index is 604. The molecule has 0 aliphatic rings. The number of fused-ring (bicyclic) bond motifs is 1. The van der Waals surface area contributed by atoms with Crippen LogP contribution in [0.25, 0.3) is 10.9 Å². The normalized spacial score (nSPS) is 10.5. The maximum atomic E-state index is 11.8. The predicted molar refractivity (Wildman–Crippen MR) is 65.8 cm³/mol. The maximum absolute atomic E-state index is 11.8. The fourth-order valence-corrected chi connectivity index (χ4v) is 1.86. The molecule has 15 heavy (non-hydrogen) atoms. The Balaban J connectivity index is 2.89. The fourth-order valence-electron chi connectivity index (χ4n) is 1.37. The minimum Gasteiger partial charge on any atom is -0.365 e. The largest absolute Gasteiger partial charge is 0.365 e. The standard InChI is InChI=1S/C10H7IN2O2/c11-5-1-2-8-6(3-5)9(14)7(4-13-8)10(12)15/h1-4H,(H2,12,15)(H,13,14). The van der Waals surface area contributed by atoms with Crippen LogP contribution in [0, 0.1) is 3.57 Å². The molecule has 1 aromatic heterocycles. The first kappa shape index (κ1) is 10.2. The summed E-state index contributed by atoms with van der Waals surface area (Å²) in [5, 5.41) is 0.484. The van der Waals surface area contributed by atoms with Gasteiger partial charge in [-0.15, -0.1) is 0 Å². The van der Waals surface area contributed by atoms with Crippen molar-refractivity contribution < 1.29 is 4.79 Å². The summed E-state index contributed by atoms with van der Waals surface area (Å²) < 4.78 is 0.937. The third-order valence-corrected chi connectivity index (χ3v) is 2.78. The number of hydrogen-bond acceptors (Lipinski definition) is 2. The lowest BCUT2D eigenvalue weighted by Crippen LogP contribution is -2.22. The van der Waals surface area contributed by atoms with Crippen LogP contribution in [-0.4, -0.2) is 10.9 Å². The van der Waals surface area contributed by atoms with E-state index in [0.29, 0.717) is 10.9 Å². The van der Waals surface area contributed by atoms with E-state index in [9.17, 15) is 9.59 Å². The number of pyridine rings is 1. The topological polar surface area (TPSA) is 76.0 Å². The molecule has 0 aliphatic heterocycles. The smallest absolute Gasteiger partial charge is 0.254 e. The molecule has 0 spiro atoms. The molecule has 0 saturated carbocycles. The van der Waals surface area contributed by atoms with E-state index in [2.05, 4.69) is 27.6 Å². The van der Waals surface area contributed by atoms with E-state index in [1.54, 1.807) is 12.1 Å². The summed E-state index contributed by atoms with van der Waals surface area (Å²) in [7, 11) is 0. The van der Waals surface area contributed by atoms with Crippen LogP contribution in [0.1, 0.15) is 10.4 Å². The van der Waals surface area contributed by atoms with Gasteiger partial charge in [-0.05, 0) is 40.8 Å². The Morgan fingerprint density at radius 1 is 1.40 bits per heavy atom. The van der Waals surface area contributed by atoms with Gasteiger partial charge in [0.15, 0.2) is 0 Å². The molecule has 5 heteroatoms. The van der Waals surface area contributed by atoms with Crippen molar-refractivity contribution in [2.24, 2.45) is 5.73 Å². The van der Waals surface area contributed by atoms with Crippen LogP contribution in [-0.2, 0) is 0 Å². The molecule has 2 aromatic rings.